The Balaban J connectivity index is 1.50. The number of benzene rings is 2. The third-order valence-electron chi connectivity index (χ3n) is 4.72. The van der Waals surface area contributed by atoms with Crippen molar-refractivity contribution in [3.63, 3.8) is 0 Å². The van der Waals surface area contributed by atoms with Gasteiger partial charge in [-0.15, -0.1) is 0 Å². The topological polar surface area (TPSA) is 95.6 Å². The molecule has 4 amide bonds. The van der Waals surface area contributed by atoms with Gasteiger partial charge in [-0.25, -0.2) is 0 Å². The molecular weight excluding hydrogens is 495 g/mol. The van der Waals surface area contributed by atoms with E-state index in [4.69, 9.17) is 0 Å². The summed E-state index contributed by atoms with van der Waals surface area (Å²) in [5, 5.41) is 4.33. The molecule has 0 spiro atoms. The molecule has 2 aromatic carbocycles. The van der Waals surface area contributed by atoms with Crippen LogP contribution in [0.15, 0.2) is 46.9 Å². The molecule has 168 valence electrons. The molecule has 0 aliphatic carbocycles. The molecule has 2 N–H and O–H groups in total. The van der Waals surface area contributed by atoms with Crippen LogP contribution in [0.5, 0.6) is 0 Å². The highest BCUT2D eigenvalue weighted by molar-refractivity contribution is 9.10. The number of hydrogen-bond acceptors (Lipinski definition) is 4. The molecule has 1 aliphatic rings. The van der Waals surface area contributed by atoms with Gasteiger partial charge in [-0.2, -0.15) is 13.2 Å². The van der Waals surface area contributed by atoms with E-state index in [9.17, 15) is 32.3 Å². The number of halogens is 4. The summed E-state index contributed by atoms with van der Waals surface area (Å²) in [6.45, 7) is -0.0518. The van der Waals surface area contributed by atoms with Crippen LogP contribution in [0, 0.1) is 0 Å². The predicted molar refractivity (Wildman–Crippen MR) is 112 cm³/mol. The standard InChI is InChI=1S/C21H17BrF3N3O4/c22-13-7-8-14-15(10-13)19(31)28(18(14)30)9-3-6-17(29)26-11-12-4-1-2-5-16(12)27-20(32)21(23,24)25/h1-2,4-5,7-8,10H,3,6,9,11H2,(H,26,29)(H,27,32). The molecule has 1 heterocycles. The lowest BCUT2D eigenvalue weighted by atomic mass is 10.1. The number of hydrogen-bond donors (Lipinski definition) is 2. The zero-order chi connectivity index (χ0) is 23.5. The Labute approximate surface area is 189 Å². The van der Waals surface area contributed by atoms with Crippen LogP contribution in [0.1, 0.15) is 39.1 Å². The smallest absolute Gasteiger partial charge is 0.352 e. The van der Waals surface area contributed by atoms with E-state index < -0.39 is 29.8 Å². The van der Waals surface area contributed by atoms with Crippen molar-refractivity contribution in [2.45, 2.75) is 25.6 Å². The minimum Gasteiger partial charge on any atom is -0.352 e. The number of rotatable bonds is 7. The lowest BCUT2D eigenvalue weighted by Crippen LogP contribution is -2.32. The summed E-state index contributed by atoms with van der Waals surface area (Å²) >= 11 is 3.25. The molecule has 1 aliphatic heterocycles. The number of carbonyl (C=O) groups excluding carboxylic acids is 4. The monoisotopic (exact) mass is 511 g/mol. The molecule has 0 radical (unpaired) electrons. The Bertz CT molecular complexity index is 1090. The van der Waals surface area contributed by atoms with Gasteiger partial charge in [0, 0.05) is 29.7 Å². The first-order chi connectivity index (χ1) is 15.1. The minimum atomic E-state index is -5.03. The fourth-order valence-corrected chi connectivity index (χ4v) is 3.50. The lowest BCUT2D eigenvalue weighted by molar-refractivity contribution is -0.167. The average molecular weight is 512 g/mol. The predicted octanol–water partition coefficient (Wildman–Crippen LogP) is 3.64. The van der Waals surface area contributed by atoms with Gasteiger partial charge in [0.2, 0.25) is 5.91 Å². The van der Waals surface area contributed by atoms with Crippen LogP contribution >= 0.6 is 15.9 Å². The maximum absolute atomic E-state index is 12.5. The molecule has 3 rings (SSSR count). The molecule has 0 saturated heterocycles. The molecule has 0 saturated carbocycles. The molecule has 7 nitrogen and oxygen atoms in total. The number of anilines is 1. The van der Waals surface area contributed by atoms with E-state index in [-0.39, 0.29) is 31.6 Å². The first kappa shape index (κ1) is 23.5. The summed E-state index contributed by atoms with van der Waals surface area (Å²) in [6.07, 6.45) is -4.82. The van der Waals surface area contributed by atoms with Crippen LogP contribution in [0.25, 0.3) is 0 Å². The highest BCUT2D eigenvalue weighted by atomic mass is 79.9. The lowest BCUT2D eigenvalue weighted by Gasteiger charge is -2.14. The second kappa shape index (κ2) is 9.51. The van der Waals surface area contributed by atoms with Gasteiger partial charge in [0.1, 0.15) is 0 Å². The summed E-state index contributed by atoms with van der Waals surface area (Å²) in [7, 11) is 0. The van der Waals surface area contributed by atoms with Gasteiger partial charge in [0.05, 0.1) is 11.1 Å². The molecule has 32 heavy (non-hydrogen) atoms. The van der Waals surface area contributed by atoms with E-state index in [1.54, 1.807) is 29.6 Å². The van der Waals surface area contributed by atoms with Crippen LogP contribution < -0.4 is 10.6 Å². The van der Waals surface area contributed by atoms with E-state index in [1.807, 2.05) is 0 Å². The van der Waals surface area contributed by atoms with Gasteiger partial charge in [0.15, 0.2) is 0 Å². The van der Waals surface area contributed by atoms with E-state index in [0.29, 0.717) is 21.2 Å². The highest BCUT2D eigenvalue weighted by Crippen LogP contribution is 2.26. The van der Waals surface area contributed by atoms with Crippen molar-refractivity contribution >= 4 is 45.2 Å². The van der Waals surface area contributed by atoms with Crippen LogP contribution in [-0.2, 0) is 16.1 Å². The quantitative estimate of drug-likeness (QED) is 0.554. The number of nitrogens with one attached hydrogen (secondary N) is 2. The number of para-hydroxylation sites is 1. The Morgan fingerprint density at radius 1 is 1.00 bits per heavy atom. The second-order valence-electron chi connectivity index (χ2n) is 6.94. The van der Waals surface area contributed by atoms with E-state index >= 15 is 0 Å². The van der Waals surface area contributed by atoms with Crippen molar-refractivity contribution in [3.05, 3.63) is 63.6 Å². The number of carbonyl (C=O) groups is 4. The van der Waals surface area contributed by atoms with E-state index in [0.717, 1.165) is 4.90 Å². The number of nitrogens with zero attached hydrogens (tertiary/aromatic N) is 1. The summed E-state index contributed by atoms with van der Waals surface area (Å²) in [5.74, 6) is -3.38. The number of imide groups is 1. The number of fused-ring (bicyclic) bond motifs is 1. The van der Waals surface area contributed by atoms with Crippen LogP contribution in [-0.4, -0.2) is 41.2 Å². The average Bonchev–Trinajstić information content (AvgIpc) is 2.96. The SMILES string of the molecule is O=C(CCCN1C(=O)c2ccc(Br)cc2C1=O)NCc1ccccc1NC(=O)C(F)(F)F. The van der Waals surface area contributed by atoms with Crippen LogP contribution in [0.3, 0.4) is 0 Å². The van der Waals surface area contributed by atoms with Gasteiger partial charge < -0.3 is 10.6 Å². The minimum absolute atomic E-state index is 0.00578. The molecule has 2 aromatic rings. The largest absolute Gasteiger partial charge is 0.471 e. The molecule has 0 unspecified atom stereocenters. The first-order valence-corrected chi connectivity index (χ1v) is 10.3. The second-order valence-corrected chi connectivity index (χ2v) is 7.86. The highest BCUT2D eigenvalue weighted by Gasteiger charge is 2.39. The Morgan fingerprint density at radius 3 is 2.41 bits per heavy atom. The van der Waals surface area contributed by atoms with Crippen molar-refractivity contribution in [1.82, 2.24) is 10.2 Å². The Morgan fingerprint density at radius 2 is 1.69 bits per heavy atom. The van der Waals surface area contributed by atoms with Crippen molar-refractivity contribution in [1.29, 1.82) is 0 Å². The summed E-state index contributed by atoms with van der Waals surface area (Å²) in [6, 6.07) is 10.6. The van der Waals surface area contributed by atoms with Crippen molar-refractivity contribution in [2.24, 2.45) is 0 Å². The van der Waals surface area contributed by atoms with Crippen molar-refractivity contribution in [2.75, 3.05) is 11.9 Å². The Hall–Kier alpha value is -3.21. The zero-order valence-corrected chi connectivity index (χ0v) is 18.0. The number of amides is 4. The van der Waals surface area contributed by atoms with E-state index in [2.05, 4.69) is 21.2 Å². The van der Waals surface area contributed by atoms with Gasteiger partial charge >= 0.3 is 12.1 Å². The third-order valence-corrected chi connectivity index (χ3v) is 5.21. The van der Waals surface area contributed by atoms with Crippen LogP contribution in [0.2, 0.25) is 0 Å². The summed E-state index contributed by atoms with van der Waals surface area (Å²) in [5.41, 5.74) is 0.836. The van der Waals surface area contributed by atoms with Gasteiger partial charge in [-0.1, -0.05) is 34.1 Å². The summed E-state index contributed by atoms with van der Waals surface area (Å²) in [4.78, 5) is 49.2. The normalized spacial score (nSPS) is 13.2. The van der Waals surface area contributed by atoms with E-state index in [1.165, 1.54) is 18.2 Å². The van der Waals surface area contributed by atoms with Gasteiger partial charge in [-0.3, -0.25) is 24.1 Å². The maximum Gasteiger partial charge on any atom is 0.471 e. The molecule has 0 aromatic heterocycles. The molecule has 0 bridgehead atoms. The number of alkyl halides is 3. The Kier molecular flexibility index (Phi) is 6.97. The third kappa shape index (κ3) is 5.34. The zero-order valence-electron chi connectivity index (χ0n) is 16.5. The molecule has 11 heteroatoms. The van der Waals surface area contributed by atoms with Crippen molar-refractivity contribution < 1.29 is 32.3 Å². The molecular formula is C21H17BrF3N3O4. The molecule has 0 atom stereocenters. The maximum atomic E-state index is 12.5. The van der Waals surface area contributed by atoms with Crippen LogP contribution in [0.4, 0.5) is 18.9 Å². The fraction of sp³-hybridized carbons (Fsp3) is 0.238. The molecule has 0 fully saturated rings. The van der Waals surface area contributed by atoms with Gasteiger partial charge in [0.25, 0.3) is 11.8 Å². The first-order valence-electron chi connectivity index (χ1n) is 9.46. The fourth-order valence-electron chi connectivity index (χ4n) is 3.14. The summed E-state index contributed by atoms with van der Waals surface area (Å²) < 4.78 is 38.1. The van der Waals surface area contributed by atoms with Crippen molar-refractivity contribution in [3.8, 4) is 0 Å². The van der Waals surface area contributed by atoms with Gasteiger partial charge in [-0.05, 0) is 36.2 Å².